The van der Waals surface area contributed by atoms with Gasteiger partial charge in [0.15, 0.2) is 5.82 Å². The zero-order valence-electron chi connectivity index (χ0n) is 13.3. The van der Waals surface area contributed by atoms with Crippen molar-refractivity contribution in [3.63, 3.8) is 0 Å². The van der Waals surface area contributed by atoms with Crippen LogP contribution in [0.5, 0.6) is 0 Å². The maximum absolute atomic E-state index is 12.2. The molecule has 0 bridgehead atoms. The standard InChI is InChI=1S/C15H21N3O2S2/c1-10-16-13(20-18-10)9-21-8-12(19)17-14(15(2,3)4)11-6-5-7-22-11/h5-7,14H,8-9H2,1-4H3,(H,17,19)/t14-/m0/s1. The lowest BCUT2D eigenvalue weighted by Gasteiger charge is -2.30. The van der Waals surface area contributed by atoms with Crippen molar-refractivity contribution < 1.29 is 9.32 Å². The molecule has 0 fully saturated rings. The third-order valence-electron chi connectivity index (χ3n) is 3.03. The van der Waals surface area contributed by atoms with Gasteiger partial charge in [-0.15, -0.1) is 23.1 Å². The summed E-state index contributed by atoms with van der Waals surface area (Å²) < 4.78 is 5.03. The van der Waals surface area contributed by atoms with E-state index >= 15 is 0 Å². The summed E-state index contributed by atoms with van der Waals surface area (Å²) in [6, 6.07) is 4.10. The van der Waals surface area contributed by atoms with Crippen LogP contribution in [-0.4, -0.2) is 21.8 Å². The third kappa shape index (κ3) is 4.84. The molecule has 0 unspecified atom stereocenters. The minimum atomic E-state index is -0.0330. The Morgan fingerprint density at radius 2 is 2.27 bits per heavy atom. The highest BCUT2D eigenvalue weighted by atomic mass is 32.2. The highest BCUT2D eigenvalue weighted by Gasteiger charge is 2.28. The summed E-state index contributed by atoms with van der Waals surface area (Å²) in [6.07, 6.45) is 0. The molecule has 2 aromatic heterocycles. The highest BCUT2D eigenvalue weighted by Crippen LogP contribution is 2.35. The van der Waals surface area contributed by atoms with E-state index in [4.69, 9.17) is 4.52 Å². The topological polar surface area (TPSA) is 68.0 Å². The number of aromatic nitrogens is 2. The predicted molar refractivity (Wildman–Crippen MR) is 89.9 cm³/mol. The molecule has 0 saturated heterocycles. The smallest absolute Gasteiger partial charge is 0.236 e. The minimum Gasteiger partial charge on any atom is -0.347 e. The van der Waals surface area contributed by atoms with E-state index in [1.165, 1.54) is 16.6 Å². The van der Waals surface area contributed by atoms with Crippen molar-refractivity contribution in [1.82, 2.24) is 15.5 Å². The molecule has 1 amide bonds. The molecular formula is C15H21N3O2S2. The molecule has 0 aliphatic carbocycles. The monoisotopic (exact) mass is 339 g/mol. The van der Waals surface area contributed by atoms with E-state index < -0.39 is 0 Å². The molecule has 1 N–H and O–H groups in total. The molecule has 0 radical (unpaired) electrons. The van der Waals surface area contributed by atoms with Gasteiger partial charge in [0, 0.05) is 4.88 Å². The zero-order valence-corrected chi connectivity index (χ0v) is 14.9. The van der Waals surface area contributed by atoms with Gasteiger partial charge in [-0.1, -0.05) is 32.0 Å². The Labute approximate surface area is 138 Å². The van der Waals surface area contributed by atoms with E-state index in [2.05, 4.69) is 42.3 Å². The molecule has 0 spiro atoms. The molecule has 2 aromatic rings. The average Bonchev–Trinajstić information content (AvgIpc) is 3.06. The lowest BCUT2D eigenvalue weighted by atomic mass is 9.86. The number of nitrogens with zero attached hydrogens (tertiary/aromatic N) is 2. The molecule has 0 saturated carbocycles. The SMILES string of the molecule is Cc1noc(CSCC(=O)N[C@@H](c2cccs2)C(C)(C)C)n1. The Kier molecular flexibility index (Phi) is 5.63. The number of nitrogens with one attached hydrogen (secondary N) is 1. The molecule has 22 heavy (non-hydrogen) atoms. The number of thiophene rings is 1. The van der Waals surface area contributed by atoms with Crippen molar-refractivity contribution in [3.05, 3.63) is 34.1 Å². The Morgan fingerprint density at radius 3 is 2.82 bits per heavy atom. The molecule has 2 rings (SSSR count). The number of carbonyl (C=O) groups is 1. The van der Waals surface area contributed by atoms with Crippen molar-refractivity contribution >= 4 is 29.0 Å². The largest absolute Gasteiger partial charge is 0.347 e. The Morgan fingerprint density at radius 1 is 1.50 bits per heavy atom. The van der Waals surface area contributed by atoms with Gasteiger partial charge in [0.25, 0.3) is 0 Å². The maximum atomic E-state index is 12.2. The summed E-state index contributed by atoms with van der Waals surface area (Å²) in [5.41, 5.74) is -0.0330. The van der Waals surface area contributed by atoms with Crippen molar-refractivity contribution in [3.8, 4) is 0 Å². The van der Waals surface area contributed by atoms with Crippen LogP contribution in [-0.2, 0) is 10.5 Å². The Hall–Kier alpha value is -1.34. The first-order chi connectivity index (χ1) is 10.4. The predicted octanol–water partition coefficient (Wildman–Crippen LogP) is 3.58. The van der Waals surface area contributed by atoms with Crippen LogP contribution in [0.15, 0.2) is 22.0 Å². The van der Waals surface area contributed by atoms with Gasteiger partial charge in [-0.2, -0.15) is 4.98 Å². The number of amides is 1. The molecule has 0 aliphatic rings. The first-order valence-electron chi connectivity index (χ1n) is 7.06. The molecule has 120 valence electrons. The van der Waals surface area contributed by atoms with Crippen molar-refractivity contribution in [2.45, 2.75) is 39.5 Å². The fourth-order valence-corrected chi connectivity index (χ4v) is 3.68. The van der Waals surface area contributed by atoms with Crippen molar-refractivity contribution in [2.24, 2.45) is 5.41 Å². The van der Waals surface area contributed by atoms with E-state index in [-0.39, 0.29) is 17.4 Å². The Bertz CT molecular complexity index is 603. The van der Waals surface area contributed by atoms with Gasteiger partial charge in [-0.05, 0) is 23.8 Å². The third-order valence-corrected chi connectivity index (χ3v) is 4.88. The number of aryl methyl sites for hydroxylation is 1. The second-order valence-corrected chi connectivity index (χ2v) is 8.07. The first kappa shape index (κ1) is 17.0. The lowest BCUT2D eigenvalue weighted by molar-refractivity contribution is -0.120. The number of thioether (sulfide) groups is 1. The van der Waals surface area contributed by atoms with E-state index in [0.29, 0.717) is 23.2 Å². The van der Waals surface area contributed by atoms with Gasteiger partial charge < -0.3 is 9.84 Å². The van der Waals surface area contributed by atoms with Gasteiger partial charge in [-0.25, -0.2) is 0 Å². The van der Waals surface area contributed by atoms with Crippen molar-refractivity contribution in [2.75, 3.05) is 5.75 Å². The van der Waals surface area contributed by atoms with Crippen molar-refractivity contribution in [1.29, 1.82) is 0 Å². The molecule has 0 aliphatic heterocycles. The second kappa shape index (κ2) is 7.28. The van der Waals surface area contributed by atoms with Gasteiger partial charge in [0.05, 0.1) is 17.5 Å². The minimum absolute atomic E-state index is 0.0197. The molecule has 5 nitrogen and oxygen atoms in total. The zero-order chi connectivity index (χ0) is 16.2. The fraction of sp³-hybridized carbons (Fsp3) is 0.533. The van der Waals surface area contributed by atoms with Gasteiger partial charge in [0.1, 0.15) is 0 Å². The van der Waals surface area contributed by atoms with Crippen LogP contribution in [0.2, 0.25) is 0 Å². The van der Waals surface area contributed by atoms with Gasteiger partial charge in [-0.3, -0.25) is 4.79 Å². The maximum Gasteiger partial charge on any atom is 0.236 e. The van der Waals surface area contributed by atoms with E-state index in [1.54, 1.807) is 18.3 Å². The summed E-state index contributed by atoms with van der Waals surface area (Å²) in [6.45, 7) is 8.17. The van der Waals surface area contributed by atoms with E-state index in [1.807, 2.05) is 11.4 Å². The number of carbonyl (C=O) groups excluding carboxylic acids is 1. The van der Waals surface area contributed by atoms with Crippen LogP contribution < -0.4 is 5.32 Å². The molecule has 2 heterocycles. The van der Waals surface area contributed by atoms with Crippen LogP contribution in [0.1, 0.15) is 43.4 Å². The normalized spacial score (nSPS) is 13.1. The van der Waals surface area contributed by atoms with E-state index in [0.717, 1.165) is 0 Å². The first-order valence-corrected chi connectivity index (χ1v) is 9.09. The summed E-state index contributed by atoms with van der Waals surface area (Å²) in [5.74, 6) is 2.12. The van der Waals surface area contributed by atoms with Crippen LogP contribution in [0.4, 0.5) is 0 Å². The Balaban J connectivity index is 1.86. The van der Waals surface area contributed by atoms with Gasteiger partial charge in [0.2, 0.25) is 11.8 Å². The summed E-state index contributed by atoms with van der Waals surface area (Å²) >= 11 is 3.14. The highest BCUT2D eigenvalue weighted by molar-refractivity contribution is 7.99. The fourth-order valence-electron chi connectivity index (χ4n) is 2.00. The van der Waals surface area contributed by atoms with Gasteiger partial charge >= 0.3 is 0 Å². The number of hydrogen-bond acceptors (Lipinski definition) is 6. The average molecular weight is 339 g/mol. The quantitative estimate of drug-likeness (QED) is 0.871. The molecule has 7 heteroatoms. The molecule has 0 aromatic carbocycles. The molecule has 1 atom stereocenters. The van der Waals surface area contributed by atoms with Crippen LogP contribution in [0, 0.1) is 12.3 Å². The van der Waals surface area contributed by atoms with Crippen LogP contribution in [0.25, 0.3) is 0 Å². The van der Waals surface area contributed by atoms with E-state index in [9.17, 15) is 4.79 Å². The number of hydrogen-bond donors (Lipinski definition) is 1. The molecular weight excluding hydrogens is 318 g/mol. The second-order valence-electron chi connectivity index (χ2n) is 6.11. The lowest BCUT2D eigenvalue weighted by Crippen LogP contribution is -2.37. The summed E-state index contributed by atoms with van der Waals surface area (Å²) in [7, 11) is 0. The summed E-state index contributed by atoms with van der Waals surface area (Å²) in [5, 5.41) is 8.90. The van der Waals surface area contributed by atoms with Crippen LogP contribution in [0.3, 0.4) is 0 Å². The van der Waals surface area contributed by atoms with Crippen LogP contribution >= 0.6 is 23.1 Å². The number of rotatable bonds is 6. The summed E-state index contributed by atoms with van der Waals surface area (Å²) in [4.78, 5) is 17.5.